The van der Waals surface area contributed by atoms with Crippen molar-refractivity contribution in [1.29, 1.82) is 0 Å². The van der Waals surface area contributed by atoms with Crippen LogP contribution in [0.1, 0.15) is 24.1 Å². The summed E-state index contributed by atoms with van der Waals surface area (Å²) in [5.74, 6) is -0.0844. The molecule has 1 amide bonds. The molecule has 0 saturated heterocycles. The van der Waals surface area contributed by atoms with Crippen LogP contribution in [0, 0.1) is 0 Å². The van der Waals surface area contributed by atoms with Crippen molar-refractivity contribution in [2.45, 2.75) is 13.0 Å². The zero-order valence-corrected chi connectivity index (χ0v) is 10.7. The Bertz CT molecular complexity index is 525. The van der Waals surface area contributed by atoms with Gasteiger partial charge in [-0.3, -0.25) is 9.78 Å². The van der Waals surface area contributed by atoms with Crippen LogP contribution < -0.4 is 5.32 Å². The SMILES string of the molecule is CC(=O)N[C@@H](c1ccc(Cl)cc1)c1cccnc1. The van der Waals surface area contributed by atoms with Crippen molar-refractivity contribution in [3.63, 3.8) is 0 Å². The average molecular weight is 261 g/mol. The van der Waals surface area contributed by atoms with Gasteiger partial charge < -0.3 is 5.32 Å². The summed E-state index contributed by atoms with van der Waals surface area (Å²) in [7, 11) is 0. The van der Waals surface area contributed by atoms with Gasteiger partial charge in [-0.1, -0.05) is 29.8 Å². The zero-order valence-electron chi connectivity index (χ0n) is 9.93. The molecule has 18 heavy (non-hydrogen) atoms. The summed E-state index contributed by atoms with van der Waals surface area (Å²) in [6.45, 7) is 1.50. The van der Waals surface area contributed by atoms with Crippen LogP contribution in [0.15, 0.2) is 48.8 Å². The van der Waals surface area contributed by atoms with E-state index in [1.165, 1.54) is 6.92 Å². The highest BCUT2D eigenvalue weighted by Crippen LogP contribution is 2.22. The van der Waals surface area contributed by atoms with Crippen LogP contribution >= 0.6 is 11.6 Å². The molecule has 2 rings (SSSR count). The van der Waals surface area contributed by atoms with Crippen LogP contribution in [-0.4, -0.2) is 10.9 Å². The standard InChI is InChI=1S/C14H13ClN2O/c1-10(18)17-14(12-3-2-8-16-9-12)11-4-6-13(15)7-5-11/h2-9,14H,1H3,(H,17,18)/t14-/m0/s1. The minimum atomic E-state index is -0.200. The first-order chi connectivity index (χ1) is 8.66. The van der Waals surface area contributed by atoms with Gasteiger partial charge in [0.2, 0.25) is 5.91 Å². The van der Waals surface area contributed by atoms with E-state index >= 15 is 0 Å². The highest BCUT2D eigenvalue weighted by atomic mass is 35.5. The summed E-state index contributed by atoms with van der Waals surface area (Å²) in [5.41, 5.74) is 1.91. The van der Waals surface area contributed by atoms with Crippen LogP contribution in [-0.2, 0) is 4.79 Å². The van der Waals surface area contributed by atoms with E-state index in [2.05, 4.69) is 10.3 Å². The molecule has 0 spiro atoms. The smallest absolute Gasteiger partial charge is 0.217 e. The predicted molar refractivity (Wildman–Crippen MR) is 71.3 cm³/mol. The highest BCUT2D eigenvalue weighted by molar-refractivity contribution is 6.30. The number of aromatic nitrogens is 1. The molecule has 2 aromatic rings. The Kier molecular flexibility index (Phi) is 3.95. The van der Waals surface area contributed by atoms with Gasteiger partial charge in [-0.25, -0.2) is 0 Å². The maximum atomic E-state index is 11.3. The number of nitrogens with one attached hydrogen (secondary N) is 1. The van der Waals surface area contributed by atoms with Crippen LogP contribution in [0.4, 0.5) is 0 Å². The molecule has 1 atom stereocenters. The van der Waals surface area contributed by atoms with Gasteiger partial charge in [-0.2, -0.15) is 0 Å². The van der Waals surface area contributed by atoms with Gasteiger partial charge in [0.15, 0.2) is 0 Å². The first-order valence-corrected chi connectivity index (χ1v) is 5.97. The van der Waals surface area contributed by atoms with E-state index in [0.29, 0.717) is 5.02 Å². The fourth-order valence-electron chi connectivity index (χ4n) is 1.76. The van der Waals surface area contributed by atoms with Crippen LogP contribution in [0.3, 0.4) is 0 Å². The number of benzene rings is 1. The summed E-state index contributed by atoms with van der Waals surface area (Å²) in [6.07, 6.45) is 3.45. The molecule has 3 nitrogen and oxygen atoms in total. The number of amides is 1. The van der Waals surface area contributed by atoms with Gasteiger partial charge >= 0.3 is 0 Å². The molecule has 1 N–H and O–H groups in total. The van der Waals surface area contributed by atoms with Crippen molar-refractivity contribution >= 4 is 17.5 Å². The Morgan fingerprint density at radius 1 is 1.22 bits per heavy atom. The molecule has 0 bridgehead atoms. The Morgan fingerprint density at radius 3 is 2.50 bits per heavy atom. The lowest BCUT2D eigenvalue weighted by atomic mass is 10.0. The second kappa shape index (κ2) is 5.65. The largest absolute Gasteiger partial charge is 0.345 e. The van der Waals surface area contributed by atoms with Crippen LogP contribution in [0.25, 0.3) is 0 Å². The third kappa shape index (κ3) is 3.08. The van der Waals surface area contributed by atoms with Crippen molar-refractivity contribution < 1.29 is 4.79 Å². The van der Waals surface area contributed by atoms with Crippen molar-refractivity contribution in [2.75, 3.05) is 0 Å². The summed E-state index contributed by atoms with van der Waals surface area (Å²) in [6, 6.07) is 11.0. The highest BCUT2D eigenvalue weighted by Gasteiger charge is 2.14. The Labute approximate surface area is 111 Å². The Balaban J connectivity index is 2.36. The molecule has 0 aliphatic rings. The molecule has 0 fully saturated rings. The van der Waals surface area contributed by atoms with Gasteiger partial charge in [-0.05, 0) is 29.3 Å². The number of nitrogens with zero attached hydrogens (tertiary/aromatic N) is 1. The zero-order chi connectivity index (χ0) is 13.0. The summed E-state index contributed by atoms with van der Waals surface area (Å²) >= 11 is 5.87. The number of hydrogen-bond donors (Lipinski definition) is 1. The molecule has 4 heteroatoms. The maximum absolute atomic E-state index is 11.3. The summed E-state index contributed by atoms with van der Waals surface area (Å²) in [4.78, 5) is 15.4. The average Bonchev–Trinajstić information content (AvgIpc) is 2.38. The molecular weight excluding hydrogens is 248 g/mol. The summed E-state index contributed by atoms with van der Waals surface area (Å²) in [5, 5.41) is 3.58. The Morgan fingerprint density at radius 2 is 1.94 bits per heavy atom. The topological polar surface area (TPSA) is 42.0 Å². The van der Waals surface area contributed by atoms with E-state index in [0.717, 1.165) is 11.1 Å². The van der Waals surface area contributed by atoms with E-state index in [1.54, 1.807) is 12.4 Å². The van der Waals surface area contributed by atoms with Gasteiger partial charge in [0, 0.05) is 24.3 Å². The number of carbonyl (C=O) groups is 1. The van der Waals surface area contributed by atoms with Crippen molar-refractivity contribution in [3.8, 4) is 0 Å². The molecule has 1 aromatic heterocycles. The van der Waals surface area contributed by atoms with E-state index in [-0.39, 0.29) is 11.9 Å². The number of hydrogen-bond acceptors (Lipinski definition) is 2. The third-order valence-corrected chi connectivity index (χ3v) is 2.82. The lowest BCUT2D eigenvalue weighted by Gasteiger charge is -2.18. The van der Waals surface area contributed by atoms with Gasteiger partial charge in [0.1, 0.15) is 0 Å². The van der Waals surface area contributed by atoms with Crippen molar-refractivity contribution in [3.05, 3.63) is 64.9 Å². The van der Waals surface area contributed by atoms with E-state index in [1.807, 2.05) is 36.4 Å². The Hall–Kier alpha value is -1.87. The minimum absolute atomic E-state index is 0.0844. The van der Waals surface area contributed by atoms with Gasteiger partial charge in [0.05, 0.1) is 6.04 Å². The quantitative estimate of drug-likeness (QED) is 0.922. The van der Waals surface area contributed by atoms with Crippen molar-refractivity contribution in [1.82, 2.24) is 10.3 Å². The van der Waals surface area contributed by atoms with Crippen LogP contribution in [0.5, 0.6) is 0 Å². The summed E-state index contributed by atoms with van der Waals surface area (Å²) < 4.78 is 0. The van der Waals surface area contributed by atoms with Gasteiger partial charge in [0.25, 0.3) is 0 Å². The fourth-order valence-corrected chi connectivity index (χ4v) is 1.89. The molecule has 92 valence electrons. The van der Waals surface area contributed by atoms with E-state index < -0.39 is 0 Å². The molecule has 0 unspecified atom stereocenters. The number of pyridine rings is 1. The first-order valence-electron chi connectivity index (χ1n) is 5.59. The second-order valence-electron chi connectivity index (χ2n) is 3.97. The maximum Gasteiger partial charge on any atom is 0.217 e. The molecule has 0 aliphatic carbocycles. The van der Waals surface area contributed by atoms with E-state index in [4.69, 9.17) is 11.6 Å². The molecular formula is C14H13ClN2O. The molecule has 1 aromatic carbocycles. The van der Waals surface area contributed by atoms with Crippen molar-refractivity contribution in [2.24, 2.45) is 0 Å². The fraction of sp³-hybridized carbons (Fsp3) is 0.143. The van der Waals surface area contributed by atoms with Crippen LogP contribution in [0.2, 0.25) is 5.02 Å². The molecule has 0 aliphatic heterocycles. The molecule has 0 saturated carbocycles. The number of halogens is 1. The van der Waals surface area contributed by atoms with Gasteiger partial charge in [-0.15, -0.1) is 0 Å². The van der Waals surface area contributed by atoms with E-state index in [9.17, 15) is 4.79 Å². The molecule has 0 radical (unpaired) electrons. The third-order valence-electron chi connectivity index (χ3n) is 2.57. The number of carbonyl (C=O) groups excluding carboxylic acids is 1. The minimum Gasteiger partial charge on any atom is -0.345 e. The lowest BCUT2D eigenvalue weighted by Crippen LogP contribution is -2.26. The second-order valence-corrected chi connectivity index (χ2v) is 4.41. The normalized spacial score (nSPS) is 11.9. The monoisotopic (exact) mass is 260 g/mol. The first kappa shape index (κ1) is 12.6. The number of rotatable bonds is 3. The molecule has 1 heterocycles. The lowest BCUT2D eigenvalue weighted by molar-refractivity contribution is -0.119. The predicted octanol–water partition coefficient (Wildman–Crippen LogP) is 2.96.